The number of methoxy groups -OCH3 is 1. The van der Waals surface area contributed by atoms with Crippen molar-refractivity contribution in [2.75, 3.05) is 25.6 Å². The molecule has 1 heterocycles. The Labute approximate surface area is 123 Å². The van der Waals surface area contributed by atoms with E-state index in [1.54, 1.807) is 7.11 Å². The molecule has 21 heavy (non-hydrogen) atoms. The molecule has 0 spiro atoms. The maximum Gasteiger partial charge on any atom is 0.315 e. The van der Waals surface area contributed by atoms with Gasteiger partial charge >= 0.3 is 6.01 Å². The van der Waals surface area contributed by atoms with E-state index in [-0.39, 0.29) is 0 Å². The van der Waals surface area contributed by atoms with Crippen LogP contribution in [0.2, 0.25) is 0 Å². The molecule has 0 unspecified atom stereocenters. The largest absolute Gasteiger partial charge is 0.407 e. The minimum atomic E-state index is 0.331. The molecule has 2 N–H and O–H groups in total. The molecule has 0 radical (unpaired) electrons. The van der Waals surface area contributed by atoms with Crippen molar-refractivity contribution in [3.63, 3.8) is 0 Å². The lowest BCUT2D eigenvalue weighted by Gasteiger charge is -2.08. The van der Waals surface area contributed by atoms with Gasteiger partial charge in [-0.3, -0.25) is 0 Å². The third-order valence-electron chi connectivity index (χ3n) is 3.60. The van der Waals surface area contributed by atoms with Crippen LogP contribution >= 0.6 is 0 Å². The van der Waals surface area contributed by atoms with Gasteiger partial charge in [0, 0.05) is 19.7 Å². The number of anilines is 1. The van der Waals surface area contributed by atoms with E-state index in [2.05, 4.69) is 45.1 Å². The van der Waals surface area contributed by atoms with Crippen LogP contribution in [0.4, 0.5) is 6.01 Å². The molecule has 112 valence electrons. The molecule has 6 heteroatoms. The number of benzene rings is 1. The highest BCUT2D eigenvalue weighted by atomic mass is 16.5. The number of fused-ring (bicyclic) bond motifs is 1. The van der Waals surface area contributed by atoms with Gasteiger partial charge in [-0.15, -0.1) is 5.10 Å². The summed E-state index contributed by atoms with van der Waals surface area (Å²) in [6.07, 6.45) is 2.00. The van der Waals surface area contributed by atoms with Gasteiger partial charge in [-0.1, -0.05) is 29.4 Å². The molecule has 1 aliphatic carbocycles. The zero-order valence-corrected chi connectivity index (χ0v) is 12.1. The first-order valence-corrected chi connectivity index (χ1v) is 7.20. The van der Waals surface area contributed by atoms with Gasteiger partial charge in [0.1, 0.15) is 0 Å². The Morgan fingerprint density at radius 2 is 2.00 bits per heavy atom. The number of hydrogen-bond acceptors (Lipinski definition) is 6. The second-order valence-electron chi connectivity index (χ2n) is 5.19. The predicted molar refractivity (Wildman–Crippen MR) is 79.1 cm³/mol. The van der Waals surface area contributed by atoms with Gasteiger partial charge in [0.2, 0.25) is 5.89 Å². The summed E-state index contributed by atoms with van der Waals surface area (Å²) in [5, 5.41) is 14.6. The first-order valence-electron chi connectivity index (χ1n) is 7.20. The highest BCUT2D eigenvalue weighted by Crippen LogP contribution is 2.23. The average Bonchev–Trinajstić information content (AvgIpc) is 3.10. The lowest BCUT2D eigenvalue weighted by molar-refractivity contribution is 0.198. The standard InChI is InChI=1S/C15H20N4O2/c1-20-7-6-16-10-14-18-19-15(21-14)17-13-8-11-4-2-3-5-12(11)9-13/h2-5,13,16H,6-10H2,1H3,(H,17,19). The Bertz CT molecular complexity index is 560. The number of nitrogens with zero attached hydrogens (tertiary/aromatic N) is 2. The SMILES string of the molecule is COCCNCc1nnc(NC2Cc3ccccc3C2)o1. The predicted octanol–water partition coefficient (Wildman–Crippen LogP) is 1.38. The summed E-state index contributed by atoms with van der Waals surface area (Å²) < 4.78 is 10.6. The molecule has 0 saturated carbocycles. The van der Waals surface area contributed by atoms with Crippen LogP contribution in [-0.2, 0) is 24.1 Å². The fraction of sp³-hybridized carbons (Fsp3) is 0.467. The number of hydrogen-bond donors (Lipinski definition) is 2. The third-order valence-corrected chi connectivity index (χ3v) is 3.60. The van der Waals surface area contributed by atoms with Gasteiger partial charge in [0.15, 0.2) is 0 Å². The fourth-order valence-corrected chi connectivity index (χ4v) is 2.59. The lowest BCUT2D eigenvalue weighted by Crippen LogP contribution is -2.19. The summed E-state index contributed by atoms with van der Waals surface area (Å²) in [5.74, 6) is 0.587. The molecular weight excluding hydrogens is 268 g/mol. The highest BCUT2D eigenvalue weighted by Gasteiger charge is 2.22. The molecule has 1 aliphatic rings. The van der Waals surface area contributed by atoms with E-state index in [4.69, 9.17) is 9.15 Å². The normalized spacial score (nSPS) is 14.3. The highest BCUT2D eigenvalue weighted by molar-refractivity contribution is 5.37. The van der Waals surface area contributed by atoms with Crippen LogP contribution in [0.5, 0.6) is 0 Å². The van der Waals surface area contributed by atoms with Crippen LogP contribution < -0.4 is 10.6 Å². The Morgan fingerprint density at radius 3 is 2.71 bits per heavy atom. The van der Waals surface area contributed by atoms with Gasteiger partial charge in [-0.2, -0.15) is 0 Å². The number of ether oxygens (including phenoxy) is 1. The van der Waals surface area contributed by atoms with Crippen molar-refractivity contribution >= 4 is 6.01 Å². The molecule has 0 fully saturated rings. The molecule has 3 rings (SSSR count). The molecule has 2 aromatic rings. The van der Waals surface area contributed by atoms with Crippen molar-refractivity contribution in [1.82, 2.24) is 15.5 Å². The number of rotatable bonds is 7. The van der Waals surface area contributed by atoms with Gasteiger partial charge in [-0.05, 0) is 24.0 Å². The molecule has 0 atom stereocenters. The fourth-order valence-electron chi connectivity index (χ4n) is 2.59. The van der Waals surface area contributed by atoms with Crippen molar-refractivity contribution in [2.45, 2.75) is 25.4 Å². The smallest absolute Gasteiger partial charge is 0.315 e. The third kappa shape index (κ3) is 3.59. The maximum absolute atomic E-state index is 5.59. The lowest BCUT2D eigenvalue weighted by atomic mass is 10.1. The van der Waals surface area contributed by atoms with Crippen molar-refractivity contribution in [1.29, 1.82) is 0 Å². The Balaban J connectivity index is 1.49. The summed E-state index contributed by atoms with van der Waals surface area (Å²) in [5.41, 5.74) is 2.80. The van der Waals surface area contributed by atoms with Crippen molar-refractivity contribution in [2.24, 2.45) is 0 Å². The van der Waals surface area contributed by atoms with E-state index >= 15 is 0 Å². The van der Waals surface area contributed by atoms with E-state index in [0.29, 0.717) is 31.1 Å². The Hall–Kier alpha value is -1.92. The van der Waals surface area contributed by atoms with Crippen LogP contribution in [0.25, 0.3) is 0 Å². The summed E-state index contributed by atoms with van der Waals surface area (Å²) >= 11 is 0. The molecule has 0 aliphatic heterocycles. The molecule has 1 aromatic carbocycles. The molecule has 6 nitrogen and oxygen atoms in total. The number of nitrogens with one attached hydrogen (secondary N) is 2. The number of aromatic nitrogens is 2. The molecule has 1 aromatic heterocycles. The topological polar surface area (TPSA) is 72.2 Å². The monoisotopic (exact) mass is 288 g/mol. The van der Waals surface area contributed by atoms with Gasteiger partial charge < -0.3 is 19.8 Å². The molecule has 0 amide bonds. The van der Waals surface area contributed by atoms with E-state index in [0.717, 1.165) is 19.4 Å². The van der Waals surface area contributed by atoms with Crippen molar-refractivity contribution in [3.8, 4) is 0 Å². The summed E-state index contributed by atoms with van der Waals surface area (Å²) in [6.45, 7) is 1.99. The zero-order valence-electron chi connectivity index (χ0n) is 12.1. The first kappa shape index (κ1) is 14.0. The minimum absolute atomic E-state index is 0.331. The molecule has 0 bridgehead atoms. The van der Waals surface area contributed by atoms with E-state index < -0.39 is 0 Å². The Morgan fingerprint density at radius 1 is 1.24 bits per heavy atom. The van der Waals surface area contributed by atoms with Crippen LogP contribution in [-0.4, -0.2) is 36.5 Å². The van der Waals surface area contributed by atoms with Gasteiger partial charge in [0.05, 0.1) is 13.2 Å². The van der Waals surface area contributed by atoms with Crippen LogP contribution in [0.3, 0.4) is 0 Å². The van der Waals surface area contributed by atoms with Crippen molar-refractivity contribution < 1.29 is 9.15 Å². The zero-order chi connectivity index (χ0) is 14.5. The summed E-state index contributed by atoms with van der Waals surface area (Å²) in [6, 6.07) is 9.34. The minimum Gasteiger partial charge on any atom is -0.407 e. The first-order chi connectivity index (χ1) is 10.3. The van der Waals surface area contributed by atoms with E-state index in [1.165, 1.54) is 11.1 Å². The average molecular weight is 288 g/mol. The van der Waals surface area contributed by atoms with Gasteiger partial charge in [-0.25, -0.2) is 0 Å². The van der Waals surface area contributed by atoms with E-state index in [9.17, 15) is 0 Å². The molecular formula is C15H20N4O2. The maximum atomic E-state index is 5.59. The van der Waals surface area contributed by atoms with Crippen molar-refractivity contribution in [3.05, 3.63) is 41.3 Å². The van der Waals surface area contributed by atoms with Gasteiger partial charge in [0.25, 0.3) is 0 Å². The second kappa shape index (κ2) is 6.69. The van der Waals surface area contributed by atoms with E-state index in [1.807, 2.05) is 0 Å². The second-order valence-corrected chi connectivity index (χ2v) is 5.19. The van der Waals surface area contributed by atoms with Crippen LogP contribution in [0.15, 0.2) is 28.7 Å². The summed E-state index contributed by atoms with van der Waals surface area (Å²) in [4.78, 5) is 0. The quantitative estimate of drug-likeness (QED) is 0.750. The molecule has 0 saturated heterocycles. The van der Waals surface area contributed by atoms with Crippen LogP contribution in [0.1, 0.15) is 17.0 Å². The summed E-state index contributed by atoms with van der Waals surface area (Å²) in [7, 11) is 1.68. The Kier molecular flexibility index (Phi) is 4.47. The van der Waals surface area contributed by atoms with Crippen LogP contribution in [0, 0.1) is 0 Å².